The molecule has 0 aromatic carbocycles. The molecule has 0 radical (unpaired) electrons. The average molecular weight is 183 g/mol. The van der Waals surface area contributed by atoms with Gasteiger partial charge in [-0.15, -0.1) is 0 Å². The molecule has 1 saturated carbocycles. The molecule has 1 atom stereocenters. The lowest BCUT2D eigenvalue weighted by Crippen LogP contribution is -2.38. The number of rotatable bonds is 1. The summed E-state index contributed by atoms with van der Waals surface area (Å²) in [4.78, 5) is 2.50. The molecule has 13 heavy (non-hydrogen) atoms. The van der Waals surface area contributed by atoms with Crippen LogP contribution in [-0.2, 0) is 0 Å². The van der Waals surface area contributed by atoms with Crippen molar-refractivity contribution in [2.75, 3.05) is 13.1 Å². The maximum atomic E-state index is 9.85. The number of β-amino-alcohol motifs (C(OH)–C–C–N with tert-alkyl or cyclic N) is 1. The lowest BCUT2D eigenvalue weighted by atomic mass is 9.94. The van der Waals surface area contributed by atoms with Gasteiger partial charge in [-0.05, 0) is 26.2 Å². The number of hydrogen-bond acceptors (Lipinski definition) is 2. The number of likely N-dealkylation sites (tertiary alicyclic amines) is 1. The van der Waals surface area contributed by atoms with E-state index in [-0.39, 0.29) is 0 Å². The van der Waals surface area contributed by atoms with Gasteiger partial charge in [0.1, 0.15) is 0 Å². The third-order valence-corrected chi connectivity index (χ3v) is 3.57. The van der Waals surface area contributed by atoms with Gasteiger partial charge in [-0.2, -0.15) is 0 Å². The predicted octanol–water partition coefficient (Wildman–Crippen LogP) is 1.78. The Hall–Kier alpha value is -0.0800. The molecule has 0 bridgehead atoms. The normalized spacial score (nSPS) is 38.3. The Bertz CT molecular complexity index is 173. The summed E-state index contributed by atoms with van der Waals surface area (Å²) in [5.41, 5.74) is -0.405. The molecule has 1 aliphatic carbocycles. The molecule has 2 rings (SSSR count). The van der Waals surface area contributed by atoms with Crippen LogP contribution in [0.2, 0.25) is 0 Å². The smallest absolute Gasteiger partial charge is 0.0758 e. The Balaban J connectivity index is 1.87. The first-order valence-electron chi connectivity index (χ1n) is 5.64. The Morgan fingerprint density at radius 1 is 1.23 bits per heavy atom. The lowest BCUT2D eigenvalue weighted by molar-refractivity contribution is 0.0582. The summed E-state index contributed by atoms with van der Waals surface area (Å²) in [6.45, 7) is 3.98. The zero-order valence-corrected chi connectivity index (χ0v) is 8.63. The van der Waals surface area contributed by atoms with Crippen molar-refractivity contribution in [3.8, 4) is 0 Å². The molecule has 76 valence electrons. The Morgan fingerprint density at radius 2 is 1.92 bits per heavy atom. The van der Waals surface area contributed by atoms with Crippen LogP contribution in [0.3, 0.4) is 0 Å². The average Bonchev–Trinajstić information content (AvgIpc) is 2.48. The van der Waals surface area contributed by atoms with Crippen LogP contribution in [-0.4, -0.2) is 34.7 Å². The molecule has 0 aromatic heterocycles. The second-order valence-corrected chi connectivity index (χ2v) is 5.01. The highest BCUT2D eigenvalue weighted by Crippen LogP contribution is 2.29. The van der Waals surface area contributed by atoms with Crippen molar-refractivity contribution in [3.05, 3.63) is 0 Å². The summed E-state index contributed by atoms with van der Waals surface area (Å²) in [7, 11) is 0. The maximum Gasteiger partial charge on any atom is 0.0758 e. The highest BCUT2D eigenvalue weighted by molar-refractivity contribution is 4.90. The molecular formula is C11H21NO. The number of aliphatic hydroxyl groups is 1. The number of hydrogen-bond donors (Lipinski definition) is 1. The van der Waals surface area contributed by atoms with Gasteiger partial charge in [-0.3, -0.25) is 4.90 Å². The minimum absolute atomic E-state index is 0.405. The fourth-order valence-electron chi connectivity index (χ4n) is 2.74. The highest BCUT2D eigenvalue weighted by atomic mass is 16.3. The van der Waals surface area contributed by atoms with E-state index < -0.39 is 5.60 Å². The molecule has 0 amide bonds. The van der Waals surface area contributed by atoms with Crippen LogP contribution in [0.1, 0.15) is 45.4 Å². The van der Waals surface area contributed by atoms with Gasteiger partial charge in [0.15, 0.2) is 0 Å². The predicted molar refractivity (Wildman–Crippen MR) is 53.7 cm³/mol. The molecule has 2 heteroatoms. The van der Waals surface area contributed by atoms with Gasteiger partial charge in [0.25, 0.3) is 0 Å². The molecule has 2 fully saturated rings. The van der Waals surface area contributed by atoms with Crippen molar-refractivity contribution in [1.29, 1.82) is 0 Å². The molecule has 2 aliphatic rings. The summed E-state index contributed by atoms with van der Waals surface area (Å²) >= 11 is 0. The van der Waals surface area contributed by atoms with E-state index in [9.17, 15) is 5.11 Å². The third-order valence-electron chi connectivity index (χ3n) is 3.57. The van der Waals surface area contributed by atoms with E-state index in [0.717, 1.165) is 25.6 Å². The van der Waals surface area contributed by atoms with Gasteiger partial charge in [-0.1, -0.05) is 19.3 Å². The van der Waals surface area contributed by atoms with E-state index in [0.29, 0.717) is 0 Å². The molecule has 1 saturated heterocycles. The first-order valence-corrected chi connectivity index (χ1v) is 5.64. The Labute approximate surface area is 80.9 Å². The van der Waals surface area contributed by atoms with Crippen molar-refractivity contribution in [1.82, 2.24) is 4.90 Å². The van der Waals surface area contributed by atoms with Crippen LogP contribution in [0.4, 0.5) is 0 Å². The molecule has 2 nitrogen and oxygen atoms in total. The van der Waals surface area contributed by atoms with Crippen LogP contribution in [0, 0.1) is 0 Å². The fourth-order valence-corrected chi connectivity index (χ4v) is 2.74. The number of nitrogens with zero attached hydrogens (tertiary/aromatic N) is 1. The van der Waals surface area contributed by atoms with Crippen LogP contribution in [0.15, 0.2) is 0 Å². The summed E-state index contributed by atoms with van der Waals surface area (Å²) < 4.78 is 0. The van der Waals surface area contributed by atoms with Gasteiger partial charge in [-0.25, -0.2) is 0 Å². The highest BCUT2D eigenvalue weighted by Gasteiger charge is 2.35. The molecule has 1 unspecified atom stereocenters. The third kappa shape index (κ3) is 2.23. The van der Waals surface area contributed by atoms with E-state index in [1.165, 1.54) is 32.1 Å². The molecule has 1 N–H and O–H groups in total. The van der Waals surface area contributed by atoms with Gasteiger partial charge in [0, 0.05) is 19.1 Å². The van der Waals surface area contributed by atoms with Crippen LogP contribution in [0.25, 0.3) is 0 Å². The van der Waals surface area contributed by atoms with Gasteiger partial charge in [0.2, 0.25) is 0 Å². The van der Waals surface area contributed by atoms with Gasteiger partial charge >= 0.3 is 0 Å². The molecule has 1 heterocycles. The second kappa shape index (κ2) is 3.58. The maximum absolute atomic E-state index is 9.85. The van der Waals surface area contributed by atoms with Crippen LogP contribution >= 0.6 is 0 Å². The first kappa shape index (κ1) is 9.47. The SMILES string of the molecule is CC1(O)CCN(C2CCCCC2)C1. The summed E-state index contributed by atoms with van der Waals surface area (Å²) in [6.07, 6.45) is 7.88. The zero-order valence-electron chi connectivity index (χ0n) is 8.63. The lowest BCUT2D eigenvalue weighted by Gasteiger charge is -2.31. The van der Waals surface area contributed by atoms with Crippen molar-refractivity contribution in [2.24, 2.45) is 0 Å². The molecular weight excluding hydrogens is 162 g/mol. The molecule has 0 aromatic rings. The monoisotopic (exact) mass is 183 g/mol. The standard InChI is InChI=1S/C11H21NO/c1-11(13)7-8-12(9-11)10-5-3-2-4-6-10/h10,13H,2-9H2,1H3. The van der Waals surface area contributed by atoms with Crippen molar-refractivity contribution >= 4 is 0 Å². The van der Waals surface area contributed by atoms with Crippen LogP contribution < -0.4 is 0 Å². The van der Waals surface area contributed by atoms with Crippen molar-refractivity contribution < 1.29 is 5.11 Å². The summed E-state index contributed by atoms with van der Waals surface area (Å²) in [6, 6.07) is 0.780. The van der Waals surface area contributed by atoms with Crippen LogP contribution in [0.5, 0.6) is 0 Å². The topological polar surface area (TPSA) is 23.5 Å². The van der Waals surface area contributed by atoms with E-state index in [1.54, 1.807) is 0 Å². The van der Waals surface area contributed by atoms with Gasteiger partial charge in [0.05, 0.1) is 5.60 Å². The quantitative estimate of drug-likeness (QED) is 0.670. The van der Waals surface area contributed by atoms with Crippen molar-refractivity contribution in [3.63, 3.8) is 0 Å². The first-order chi connectivity index (χ1) is 6.17. The minimum atomic E-state index is -0.405. The van der Waals surface area contributed by atoms with Gasteiger partial charge < -0.3 is 5.11 Å². The summed E-state index contributed by atoms with van der Waals surface area (Å²) in [5.74, 6) is 0. The van der Waals surface area contributed by atoms with Crippen molar-refractivity contribution in [2.45, 2.75) is 57.1 Å². The molecule has 0 spiro atoms. The zero-order chi connectivity index (χ0) is 9.31. The van der Waals surface area contributed by atoms with E-state index in [2.05, 4.69) is 4.90 Å². The Morgan fingerprint density at radius 3 is 2.46 bits per heavy atom. The minimum Gasteiger partial charge on any atom is -0.389 e. The second-order valence-electron chi connectivity index (χ2n) is 5.01. The molecule has 1 aliphatic heterocycles. The van der Waals surface area contributed by atoms with E-state index >= 15 is 0 Å². The fraction of sp³-hybridized carbons (Fsp3) is 1.00. The summed E-state index contributed by atoms with van der Waals surface area (Å²) in [5, 5.41) is 9.85. The largest absolute Gasteiger partial charge is 0.389 e. The van der Waals surface area contributed by atoms with E-state index in [1.807, 2.05) is 6.92 Å². The van der Waals surface area contributed by atoms with E-state index in [4.69, 9.17) is 0 Å². The Kier molecular flexibility index (Phi) is 2.61.